The Bertz CT molecular complexity index is 515. The minimum Gasteiger partial charge on any atom is -0.380 e. The van der Waals surface area contributed by atoms with Crippen LogP contribution in [0.3, 0.4) is 0 Å². The van der Waals surface area contributed by atoms with E-state index in [-0.39, 0.29) is 23.1 Å². The van der Waals surface area contributed by atoms with Crippen LogP contribution in [0.25, 0.3) is 0 Å². The highest BCUT2D eigenvalue weighted by atomic mass is 35.5. The zero-order valence-electron chi connectivity index (χ0n) is 12.3. The minimum atomic E-state index is -3.64. The average Bonchev–Trinajstić information content (AvgIpc) is 2.46. The van der Waals surface area contributed by atoms with Gasteiger partial charge in [0.15, 0.2) is 0 Å². The summed E-state index contributed by atoms with van der Waals surface area (Å²) in [6, 6.07) is 2.76. The second-order valence-electron chi connectivity index (χ2n) is 4.11. The molecule has 0 saturated carbocycles. The number of sulfonamides is 1. The molecule has 0 N–H and O–H groups in total. The molecular formula is C13H21ClN2O4S. The fourth-order valence-electron chi connectivity index (χ4n) is 1.67. The molecule has 6 nitrogen and oxygen atoms in total. The summed E-state index contributed by atoms with van der Waals surface area (Å²) in [7, 11) is -3.64. The minimum absolute atomic E-state index is 0.121. The van der Waals surface area contributed by atoms with Gasteiger partial charge < -0.3 is 9.47 Å². The van der Waals surface area contributed by atoms with Crippen LogP contribution in [0, 0.1) is 0 Å². The van der Waals surface area contributed by atoms with Gasteiger partial charge in [0, 0.05) is 32.5 Å². The van der Waals surface area contributed by atoms with Crippen LogP contribution in [0.5, 0.6) is 0 Å². The summed E-state index contributed by atoms with van der Waals surface area (Å²) in [6.07, 6.45) is 1.37. The van der Waals surface area contributed by atoms with Crippen LogP contribution in [-0.2, 0) is 19.5 Å². The summed E-state index contributed by atoms with van der Waals surface area (Å²) in [6.45, 7) is 6.01. The van der Waals surface area contributed by atoms with Gasteiger partial charge in [-0.3, -0.25) is 0 Å². The van der Waals surface area contributed by atoms with Gasteiger partial charge in [0.2, 0.25) is 10.0 Å². The molecule has 0 atom stereocenters. The Balaban J connectivity index is 2.87. The molecule has 0 bridgehead atoms. The summed E-state index contributed by atoms with van der Waals surface area (Å²) in [4.78, 5) is 3.92. The number of rotatable bonds is 10. The molecule has 8 heteroatoms. The van der Waals surface area contributed by atoms with E-state index in [1.54, 1.807) is 0 Å². The van der Waals surface area contributed by atoms with E-state index in [1.807, 2.05) is 13.8 Å². The highest BCUT2D eigenvalue weighted by Gasteiger charge is 2.24. The lowest BCUT2D eigenvalue weighted by Gasteiger charge is -2.22. The van der Waals surface area contributed by atoms with Crippen molar-refractivity contribution in [1.29, 1.82) is 0 Å². The van der Waals surface area contributed by atoms with Crippen LogP contribution in [0.4, 0.5) is 0 Å². The molecule has 0 aromatic carbocycles. The van der Waals surface area contributed by atoms with E-state index in [2.05, 4.69) is 4.98 Å². The molecule has 1 aromatic heterocycles. The maximum absolute atomic E-state index is 12.6. The van der Waals surface area contributed by atoms with Crippen LogP contribution in [0.2, 0.25) is 5.15 Å². The lowest BCUT2D eigenvalue weighted by molar-refractivity contribution is 0.110. The van der Waals surface area contributed by atoms with E-state index in [0.717, 1.165) is 0 Å². The van der Waals surface area contributed by atoms with Crippen molar-refractivity contribution in [2.75, 3.05) is 39.5 Å². The van der Waals surface area contributed by atoms with Gasteiger partial charge in [-0.1, -0.05) is 11.6 Å². The van der Waals surface area contributed by atoms with Crippen molar-refractivity contribution < 1.29 is 17.9 Å². The number of pyridine rings is 1. The Morgan fingerprint density at radius 2 is 1.76 bits per heavy atom. The monoisotopic (exact) mass is 336 g/mol. The molecule has 0 amide bonds. The average molecular weight is 337 g/mol. The predicted octanol–water partition coefficient (Wildman–Crippen LogP) is 1.80. The summed E-state index contributed by atoms with van der Waals surface area (Å²) in [5.41, 5.74) is 0. The first-order chi connectivity index (χ1) is 10.0. The van der Waals surface area contributed by atoms with Crippen molar-refractivity contribution in [3.8, 4) is 0 Å². The second kappa shape index (κ2) is 9.32. The number of aromatic nitrogens is 1. The van der Waals surface area contributed by atoms with Crippen molar-refractivity contribution in [3.05, 3.63) is 23.5 Å². The first-order valence-electron chi connectivity index (χ1n) is 6.79. The van der Waals surface area contributed by atoms with Crippen LogP contribution in [0.1, 0.15) is 13.8 Å². The van der Waals surface area contributed by atoms with Crippen LogP contribution < -0.4 is 0 Å². The lowest BCUT2D eigenvalue weighted by Crippen LogP contribution is -2.36. The largest absolute Gasteiger partial charge is 0.380 e. The number of hydrogen-bond acceptors (Lipinski definition) is 5. The van der Waals surface area contributed by atoms with E-state index in [9.17, 15) is 8.42 Å². The number of nitrogens with zero attached hydrogens (tertiary/aromatic N) is 2. The summed E-state index contributed by atoms with van der Waals surface area (Å²) in [5.74, 6) is 0. The van der Waals surface area contributed by atoms with Gasteiger partial charge in [-0.05, 0) is 26.0 Å². The SMILES string of the molecule is CCOCCN(CCOCC)S(=O)(=O)c1ccnc(Cl)c1. The number of halogens is 1. The van der Waals surface area contributed by atoms with E-state index >= 15 is 0 Å². The van der Waals surface area contributed by atoms with Gasteiger partial charge in [0.25, 0.3) is 0 Å². The van der Waals surface area contributed by atoms with Gasteiger partial charge in [-0.25, -0.2) is 13.4 Å². The molecule has 0 spiro atoms. The summed E-state index contributed by atoms with van der Waals surface area (Å²) >= 11 is 5.77. The van der Waals surface area contributed by atoms with Gasteiger partial charge >= 0.3 is 0 Å². The van der Waals surface area contributed by atoms with Gasteiger partial charge in [0.1, 0.15) is 5.15 Å². The third-order valence-corrected chi connectivity index (χ3v) is 4.82. The van der Waals surface area contributed by atoms with Crippen molar-refractivity contribution >= 4 is 21.6 Å². The van der Waals surface area contributed by atoms with E-state index < -0.39 is 10.0 Å². The van der Waals surface area contributed by atoms with Gasteiger partial charge in [-0.15, -0.1) is 0 Å². The molecular weight excluding hydrogens is 316 g/mol. The smallest absolute Gasteiger partial charge is 0.243 e. The summed E-state index contributed by atoms with van der Waals surface area (Å²) in [5, 5.41) is 0.144. The van der Waals surface area contributed by atoms with Crippen molar-refractivity contribution in [1.82, 2.24) is 9.29 Å². The molecule has 0 unspecified atom stereocenters. The normalized spacial score (nSPS) is 12.0. The standard InChI is InChI=1S/C13H21ClN2O4S/c1-3-19-9-7-16(8-10-20-4-2)21(17,18)12-5-6-15-13(14)11-12/h5-6,11H,3-4,7-10H2,1-2H3. The van der Waals surface area contributed by atoms with Crippen LogP contribution in [0.15, 0.2) is 23.2 Å². The van der Waals surface area contributed by atoms with E-state index in [0.29, 0.717) is 26.4 Å². The molecule has 1 aromatic rings. The lowest BCUT2D eigenvalue weighted by atomic mass is 10.5. The Hall–Kier alpha value is -0.730. The maximum Gasteiger partial charge on any atom is 0.243 e. The molecule has 1 rings (SSSR count). The molecule has 0 aliphatic heterocycles. The Labute approximate surface area is 131 Å². The van der Waals surface area contributed by atoms with E-state index in [1.165, 1.54) is 22.6 Å². The molecule has 0 aliphatic rings. The van der Waals surface area contributed by atoms with E-state index in [4.69, 9.17) is 21.1 Å². The number of ether oxygens (including phenoxy) is 2. The zero-order valence-corrected chi connectivity index (χ0v) is 13.9. The van der Waals surface area contributed by atoms with Crippen molar-refractivity contribution in [2.24, 2.45) is 0 Å². The van der Waals surface area contributed by atoms with Crippen LogP contribution in [-0.4, -0.2) is 57.2 Å². The summed E-state index contributed by atoms with van der Waals surface area (Å²) < 4.78 is 37.0. The van der Waals surface area contributed by atoms with Crippen molar-refractivity contribution in [3.63, 3.8) is 0 Å². The predicted molar refractivity (Wildman–Crippen MR) is 81.0 cm³/mol. The highest BCUT2D eigenvalue weighted by molar-refractivity contribution is 7.89. The van der Waals surface area contributed by atoms with Crippen molar-refractivity contribution in [2.45, 2.75) is 18.7 Å². The molecule has 0 aliphatic carbocycles. The molecule has 1 heterocycles. The highest BCUT2D eigenvalue weighted by Crippen LogP contribution is 2.17. The van der Waals surface area contributed by atoms with Gasteiger partial charge in [-0.2, -0.15) is 4.31 Å². The topological polar surface area (TPSA) is 68.7 Å². The first kappa shape index (κ1) is 18.3. The maximum atomic E-state index is 12.6. The fourth-order valence-corrected chi connectivity index (χ4v) is 3.33. The third kappa shape index (κ3) is 5.88. The van der Waals surface area contributed by atoms with Crippen LogP contribution >= 0.6 is 11.6 Å². The molecule has 21 heavy (non-hydrogen) atoms. The molecule has 120 valence electrons. The quantitative estimate of drug-likeness (QED) is 0.481. The zero-order chi connectivity index (χ0) is 15.7. The molecule has 0 saturated heterocycles. The molecule has 0 radical (unpaired) electrons. The fraction of sp³-hybridized carbons (Fsp3) is 0.615. The second-order valence-corrected chi connectivity index (χ2v) is 6.44. The third-order valence-electron chi connectivity index (χ3n) is 2.71. The number of hydrogen-bond donors (Lipinski definition) is 0. The van der Waals surface area contributed by atoms with Gasteiger partial charge in [0.05, 0.1) is 18.1 Å². The molecule has 0 fully saturated rings. The Morgan fingerprint density at radius 3 is 2.24 bits per heavy atom. The Kier molecular flexibility index (Phi) is 8.13. The first-order valence-corrected chi connectivity index (χ1v) is 8.61. The Morgan fingerprint density at radius 1 is 1.19 bits per heavy atom.